The van der Waals surface area contributed by atoms with Gasteiger partial charge in [-0.1, -0.05) is 26.0 Å². The minimum atomic E-state index is 0.0327. The maximum absolute atomic E-state index is 12.3. The molecule has 6 heteroatoms. The topological polar surface area (TPSA) is 61.4 Å². The third-order valence-corrected chi connectivity index (χ3v) is 4.41. The molecule has 1 amide bonds. The van der Waals surface area contributed by atoms with E-state index in [-0.39, 0.29) is 5.91 Å². The molecule has 3 rings (SSSR count). The van der Waals surface area contributed by atoms with Gasteiger partial charge in [0.2, 0.25) is 11.9 Å². The van der Waals surface area contributed by atoms with E-state index in [0.29, 0.717) is 12.5 Å². The molecule has 6 nitrogen and oxygen atoms in total. The largest absolute Gasteiger partial charge is 0.338 e. The Balaban J connectivity index is 1.49. The lowest BCUT2D eigenvalue weighted by Crippen LogP contribution is -2.49. The van der Waals surface area contributed by atoms with Crippen LogP contribution in [-0.4, -0.2) is 53.5 Å². The van der Waals surface area contributed by atoms with Crippen LogP contribution in [0, 0.1) is 0 Å². The smallest absolute Gasteiger partial charge is 0.238 e. The van der Waals surface area contributed by atoms with Gasteiger partial charge in [0.15, 0.2) is 0 Å². The Bertz CT molecular complexity index is 696. The third-order valence-electron chi connectivity index (χ3n) is 4.41. The molecule has 0 radical (unpaired) electrons. The molecule has 0 bridgehead atoms. The van der Waals surface area contributed by atoms with E-state index in [0.717, 1.165) is 37.8 Å². The Hall–Kier alpha value is -2.47. The van der Waals surface area contributed by atoms with Crippen molar-refractivity contribution in [1.29, 1.82) is 0 Å². The van der Waals surface area contributed by atoms with E-state index in [2.05, 4.69) is 45.0 Å². The highest BCUT2D eigenvalue weighted by Crippen LogP contribution is 2.18. The summed E-state index contributed by atoms with van der Waals surface area (Å²) in [5.41, 5.74) is 2.10. The first-order valence-electron chi connectivity index (χ1n) is 8.76. The van der Waals surface area contributed by atoms with Crippen molar-refractivity contribution < 1.29 is 4.79 Å². The molecule has 1 saturated heterocycles. The van der Waals surface area contributed by atoms with Crippen molar-refractivity contribution in [1.82, 2.24) is 14.9 Å². The Labute approximate surface area is 148 Å². The molecule has 1 aliphatic heterocycles. The monoisotopic (exact) mass is 339 g/mol. The van der Waals surface area contributed by atoms with Crippen molar-refractivity contribution in [3.63, 3.8) is 0 Å². The van der Waals surface area contributed by atoms with Crippen LogP contribution >= 0.6 is 0 Å². The highest BCUT2D eigenvalue weighted by atomic mass is 16.2. The molecule has 1 aliphatic rings. The molecule has 1 aromatic heterocycles. The summed E-state index contributed by atoms with van der Waals surface area (Å²) in [6.45, 7) is 8.04. The van der Waals surface area contributed by atoms with E-state index in [1.54, 1.807) is 12.4 Å². The van der Waals surface area contributed by atoms with Crippen LogP contribution in [0.5, 0.6) is 0 Å². The van der Waals surface area contributed by atoms with E-state index >= 15 is 0 Å². The van der Waals surface area contributed by atoms with Gasteiger partial charge in [-0.25, -0.2) is 9.97 Å². The summed E-state index contributed by atoms with van der Waals surface area (Å²) in [4.78, 5) is 25.2. The summed E-state index contributed by atoms with van der Waals surface area (Å²) in [5, 5.41) is 3.01. The minimum absolute atomic E-state index is 0.0327. The van der Waals surface area contributed by atoms with Crippen LogP contribution in [0.1, 0.15) is 25.3 Å². The van der Waals surface area contributed by atoms with E-state index < -0.39 is 0 Å². The fourth-order valence-corrected chi connectivity index (χ4v) is 2.94. The molecule has 1 fully saturated rings. The van der Waals surface area contributed by atoms with E-state index in [1.165, 1.54) is 5.56 Å². The van der Waals surface area contributed by atoms with E-state index in [1.807, 2.05) is 24.3 Å². The van der Waals surface area contributed by atoms with Crippen molar-refractivity contribution in [2.75, 3.05) is 42.9 Å². The van der Waals surface area contributed by atoms with Crippen LogP contribution < -0.4 is 10.2 Å². The third kappa shape index (κ3) is 4.76. The van der Waals surface area contributed by atoms with E-state index in [4.69, 9.17) is 0 Å². The number of rotatable bonds is 5. The fourth-order valence-electron chi connectivity index (χ4n) is 2.94. The zero-order valence-corrected chi connectivity index (χ0v) is 14.9. The second kappa shape index (κ2) is 8.07. The van der Waals surface area contributed by atoms with Crippen LogP contribution in [0.25, 0.3) is 0 Å². The van der Waals surface area contributed by atoms with Crippen LogP contribution in [-0.2, 0) is 4.79 Å². The van der Waals surface area contributed by atoms with Crippen LogP contribution in [0.15, 0.2) is 42.7 Å². The number of carbonyl (C=O) groups is 1. The molecule has 25 heavy (non-hydrogen) atoms. The highest BCUT2D eigenvalue weighted by molar-refractivity contribution is 5.92. The Morgan fingerprint density at radius 1 is 1.12 bits per heavy atom. The van der Waals surface area contributed by atoms with Gasteiger partial charge in [-0.2, -0.15) is 0 Å². The summed E-state index contributed by atoms with van der Waals surface area (Å²) in [5.74, 6) is 1.24. The second-order valence-electron chi connectivity index (χ2n) is 6.64. The molecule has 1 N–H and O–H groups in total. The van der Waals surface area contributed by atoms with Crippen LogP contribution in [0.4, 0.5) is 11.6 Å². The van der Waals surface area contributed by atoms with Crippen molar-refractivity contribution in [3.05, 3.63) is 48.3 Å². The predicted octanol–water partition coefficient (Wildman–Crippen LogP) is 2.36. The summed E-state index contributed by atoms with van der Waals surface area (Å²) >= 11 is 0. The lowest BCUT2D eigenvalue weighted by atomic mass is 10.0. The summed E-state index contributed by atoms with van der Waals surface area (Å²) in [7, 11) is 0. The highest BCUT2D eigenvalue weighted by Gasteiger charge is 2.20. The molecule has 2 aromatic rings. The summed E-state index contributed by atoms with van der Waals surface area (Å²) in [6, 6.07) is 9.88. The SMILES string of the molecule is CC(C)c1cccc(NC(=O)CN2CCN(c3ncccn3)CC2)c1. The molecule has 0 atom stereocenters. The predicted molar refractivity (Wildman–Crippen MR) is 99.8 cm³/mol. The van der Waals surface area contributed by atoms with Gasteiger partial charge in [0.05, 0.1) is 6.54 Å². The van der Waals surface area contributed by atoms with Crippen molar-refractivity contribution in [2.45, 2.75) is 19.8 Å². The van der Waals surface area contributed by atoms with Gasteiger partial charge in [0.1, 0.15) is 0 Å². The number of anilines is 2. The maximum atomic E-state index is 12.3. The van der Waals surface area contributed by atoms with Gasteiger partial charge in [-0.05, 0) is 29.7 Å². The lowest BCUT2D eigenvalue weighted by Gasteiger charge is -2.34. The first-order chi connectivity index (χ1) is 12.1. The number of nitrogens with one attached hydrogen (secondary N) is 1. The standard InChI is InChI=1S/C19H25N5O/c1-15(2)16-5-3-6-17(13-16)22-18(25)14-23-9-11-24(12-10-23)19-20-7-4-8-21-19/h3-8,13,15H,9-12,14H2,1-2H3,(H,22,25). The molecular weight excluding hydrogens is 314 g/mol. The van der Waals surface area contributed by atoms with Crippen LogP contribution in [0.2, 0.25) is 0 Å². The lowest BCUT2D eigenvalue weighted by molar-refractivity contribution is -0.117. The van der Waals surface area contributed by atoms with Gasteiger partial charge < -0.3 is 10.2 Å². The number of benzene rings is 1. The zero-order chi connectivity index (χ0) is 17.6. The summed E-state index contributed by atoms with van der Waals surface area (Å²) in [6.07, 6.45) is 3.51. The fraction of sp³-hybridized carbons (Fsp3) is 0.421. The van der Waals surface area contributed by atoms with Crippen molar-refractivity contribution >= 4 is 17.5 Å². The number of hydrogen-bond donors (Lipinski definition) is 1. The van der Waals surface area contributed by atoms with Gasteiger partial charge in [0, 0.05) is 44.3 Å². The molecule has 0 spiro atoms. The first kappa shape index (κ1) is 17.4. The number of piperazine rings is 1. The average Bonchev–Trinajstić information content (AvgIpc) is 2.63. The number of hydrogen-bond acceptors (Lipinski definition) is 5. The van der Waals surface area contributed by atoms with Gasteiger partial charge in [-0.3, -0.25) is 9.69 Å². The number of amides is 1. The van der Waals surface area contributed by atoms with Crippen molar-refractivity contribution in [2.24, 2.45) is 0 Å². The second-order valence-corrected chi connectivity index (χ2v) is 6.64. The first-order valence-corrected chi connectivity index (χ1v) is 8.76. The van der Waals surface area contributed by atoms with Crippen LogP contribution in [0.3, 0.4) is 0 Å². The van der Waals surface area contributed by atoms with E-state index in [9.17, 15) is 4.79 Å². The molecule has 132 valence electrons. The average molecular weight is 339 g/mol. The number of aromatic nitrogens is 2. The van der Waals surface area contributed by atoms with Gasteiger partial charge in [0.25, 0.3) is 0 Å². The molecule has 0 saturated carbocycles. The molecule has 0 aliphatic carbocycles. The molecule has 0 unspecified atom stereocenters. The summed E-state index contributed by atoms with van der Waals surface area (Å²) < 4.78 is 0. The van der Waals surface area contributed by atoms with Gasteiger partial charge >= 0.3 is 0 Å². The molecule has 1 aromatic carbocycles. The zero-order valence-electron chi connectivity index (χ0n) is 14.9. The number of nitrogens with zero attached hydrogens (tertiary/aromatic N) is 4. The molecular formula is C19H25N5O. The van der Waals surface area contributed by atoms with Crippen molar-refractivity contribution in [3.8, 4) is 0 Å². The Kier molecular flexibility index (Phi) is 5.60. The minimum Gasteiger partial charge on any atom is -0.338 e. The molecule has 2 heterocycles. The Morgan fingerprint density at radius 3 is 2.52 bits per heavy atom. The number of carbonyl (C=O) groups excluding carboxylic acids is 1. The quantitative estimate of drug-likeness (QED) is 0.906. The Morgan fingerprint density at radius 2 is 1.84 bits per heavy atom. The van der Waals surface area contributed by atoms with Gasteiger partial charge in [-0.15, -0.1) is 0 Å². The maximum Gasteiger partial charge on any atom is 0.238 e. The normalized spacial score (nSPS) is 15.4.